The van der Waals surface area contributed by atoms with E-state index in [1.165, 1.54) is 6.20 Å². The van der Waals surface area contributed by atoms with Crippen LogP contribution in [0.2, 0.25) is 0 Å². The van der Waals surface area contributed by atoms with Crippen LogP contribution in [-0.2, 0) is 9.59 Å². The molecule has 19 heavy (non-hydrogen) atoms. The van der Waals surface area contributed by atoms with Crippen LogP contribution in [0.4, 0.5) is 5.82 Å². The monoisotopic (exact) mass is 265 g/mol. The van der Waals surface area contributed by atoms with Crippen LogP contribution in [0.3, 0.4) is 0 Å². The van der Waals surface area contributed by atoms with E-state index in [-0.39, 0.29) is 12.3 Å². The zero-order valence-corrected chi connectivity index (χ0v) is 10.8. The average molecular weight is 265 g/mol. The minimum atomic E-state index is -0.902. The number of anilines is 1. The van der Waals surface area contributed by atoms with Crippen molar-refractivity contribution in [3.8, 4) is 0 Å². The Hall–Kier alpha value is -1.85. The smallest absolute Gasteiger partial charge is 0.310 e. The number of hydrogen-bond acceptors (Lipinski definition) is 3. The molecule has 1 saturated carbocycles. The lowest BCUT2D eigenvalue weighted by Crippen LogP contribution is -2.35. The Balaban J connectivity index is 2.03. The van der Waals surface area contributed by atoms with Crippen LogP contribution < -0.4 is 5.32 Å². The summed E-state index contributed by atoms with van der Waals surface area (Å²) in [5.74, 6) is -0.623. The molecule has 6 nitrogen and oxygen atoms in total. The summed E-state index contributed by atoms with van der Waals surface area (Å²) in [7, 11) is 0. The Bertz CT molecular complexity index is 434. The molecule has 1 aliphatic carbocycles. The summed E-state index contributed by atoms with van der Waals surface area (Å²) >= 11 is 0. The molecule has 0 aromatic carbocycles. The fourth-order valence-corrected chi connectivity index (χ4v) is 2.70. The van der Waals surface area contributed by atoms with Crippen molar-refractivity contribution < 1.29 is 14.7 Å². The quantitative estimate of drug-likeness (QED) is 0.727. The van der Waals surface area contributed by atoms with Crippen molar-refractivity contribution in [2.45, 2.75) is 44.9 Å². The molecular formula is C13H19N3O3. The van der Waals surface area contributed by atoms with Crippen LogP contribution >= 0.6 is 0 Å². The van der Waals surface area contributed by atoms with Gasteiger partial charge in [0.05, 0.1) is 11.6 Å². The van der Waals surface area contributed by atoms with Gasteiger partial charge in [-0.05, 0) is 12.8 Å². The highest BCUT2D eigenvalue weighted by molar-refractivity contribution is 5.93. The van der Waals surface area contributed by atoms with Crippen molar-refractivity contribution in [1.82, 2.24) is 10.2 Å². The normalized spacial score (nSPS) is 18.5. The highest BCUT2D eigenvalue weighted by Gasteiger charge is 2.40. The first-order valence-corrected chi connectivity index (χ1v) is 6.65. The van der Waals surface area contributed by atoms with E-state index in [0.717, 1.165) is 25.7 Å². The first-order valence-electron chi connectivity index (χ1n) is 6.65. The van der Waals surface area contributed by atoms with Crippen molar-refractivity contribution in [3.05, 3.63) is 12.3 Å². The second kappa shape index (κ2) is 5.86. The average Bonchev–Trinajstić information content (AvgIpc) is 2.73. The molecule has 6 heteroatoms. The molecule has 3 N–H and O–H groups in total. The van der Waals surface area contributed by atoms with Crippen molar-refractivity contribution in [2.75, 3.05) is 5.32 Å². The fraction of sp³-hybridized carbons (Fsp3) is 0.615. The molecule has 1 amide bonds. The zero-order chi connectivity index (χ0) is 13.7. The third kappa shape index (κ3) is 3.33. The molecule has 1 aromatic heterocycles. The number of carboxylic acids is 1. The Morgan fingerprint density at radius 3 is 2.53 bits per heavy atom. The van der Waals surface area contributed by atoms with E-state index < -0.39 is 11.4 Å². The molecule has 0 bridgehead atoms. The highest BCUT2D eigenvalue weighted by atomic mass is 16.4. The van der Waals surface area contributed by atoms with E-state index in [9.17, 15) is 14.7 Å². The Morgan fingerprint density at radius 1 is 1.32 bits per heavy atom. The predicted octanol–water partition coefficient (Wildman–Crippen LogP) is 2.16. The summed E-state index contributed by atoms with van der Waals surface area (Å²) in [5, 5.41) is 18.5. The second-order valence-electron chi connectivity index (χ2n) is 5.19. The number of carboxylic acid groups (broad SMARTS) is 1. The summed E-state index contributed by atoms with van der Waals surface area (Å²) < 4.78 is 0. The number of aliphatic carboxylic acids is 1. The highest BCUT2D eigenvalue weighted by Crippen LogP contribution is 2.38. The van der Waals surface area contributed by atoms with Gasteiger partial charge in [-0.15, -0.1) is 0 Å². The molecule has 2 rings (SSSR count). The number of carbonyl (C=O) groups excluding carboxylic acids is 1. The molecule has 1 aliphatic rings. The lowest BCUT2D eigenvalue weighted by Gasteiger charge is -2.27. The Kier molecular flexibility index (Phi) is 4.19. The summed E-state index contributed by atoms with van der Waals surface area (Å²) in [4.78, 5) is 23.5. The molecular weight excluding hydrogens is 246 g/mol. The minimum absolute atomic E-state index is 0.0291. The summed E-state index contributed by atoms with van der Waals surface area (Å²) in [6, 6.07) is 1.64. The van der Waals surface area contributed by atoms with Gasteiger partial charge in [0.15, 0.2) is 0 Å². The van der Waals surface area contributed by atoms with Gasteiger partial charge >= 0.3 is 5.97 Å². The van der Waals surface area contributed by atoms with Gasteiger partial charge in [-0.1, -0.05) is 25.7 Å². The van der Waals surface area contributed by atoms with Gasteiger partial charge in [-0.25, -0.2) is 0 Å². The molecule has 0 saturated heterocycles. The number of aromatic amines is 1. The third-order valence-electron chi connectivity index (χ3n) is 3.79. The van der Waals surface area contributed by atoms with Gasteiger partial charge in [-0.3, -0.25) is 14.7 Å². The number of hydrogen-bond donors (Lipinski definition) is 3. The van der Waals surface area contributed by atoms with Gasteiger partial charge in [0.2, 0.25) is 5.91 Å². The van der Waals surface area contributed by atoms with Gasteiger partial charge < -0.3 is 10.4 Å². The molecule has 0 atom stereocenters. The van der Waals surface area contributed by atoms with Crippen molar-refractivity contribution in [3.63, 3.8) is 0 Å². The number of aromatic nitrogens is 2. The van der Waals surface area contributed by atoms with E-state index in [1.807, 2.05) is 0 Å². The molecule has 104 valence electrons. The maximum absolute atomic E-state index is 12.0. The van der Waals surface area contributed by atoms with E-state index in [2.05, 4.69) is 15.5 Å². The first-order chi connectivity index (χ1) is 9.12. The molecule has 0 radical (unpaired) electrons. The molecule has 0 unspecified atom stereocenters. The van der Waals surface area contributed by atoms with E-state index >= 15 is 0 Å². The van der Waals surface area contributed by atoms with Crippen molar-refractivity contribution >= 4 is 17.7 Å². The Labute approximate surface area is 111 Å². The largest absolute Gasteiger partial charge is 0.481 e. The van der Waals surface area contributed by atoms with Crippen molar-refractivity contribution in [1.29, 1.82) is 0 Å². The summed E-state index contributed by atoms with van der Waals surface area (Å²) in [6.45, 7) is 0. The van der Waals surface area contributed by atoms with Crippen LogP contribution in [0.1, 0.15) is 44.9 Å². The zero-order valence-electron chi connectivity index (χ0n) is 10.8. The standard InChI is InChI=1S/C13H19N3O3/c17-11(15-10-5-8-14-16-10)9-13(12(18)19)6-3-1-2-4-7-13/h5,8H,1-4,6-7,9H2,(H,18,19)(H2,14,15,16,17). The predicted molar refractivity (Wildman–Crippen MR) is 69.6 cm³/mol. The van der Waals surface area contributed by atoms with Crippen LogP contribution in [0.15, 0.2) is 12.3 Å². The number of nitrogens with one attached hydrogen (secondary N) is 2. The van der Waals surface area contributed by atoms with E-state index in [1.54, 1.807) is 6.07 Å². The first kappa shape index (κ1) is 13.6. The lowest BCUT2D eigenvalue weighted by atomic mass is 9.77. The number of carbonyl (C=O) groups is 2. The van der Waals surface area contributed by atoms with Crippen molar-refractivity contribution in [2.24, 2.45) is 5.41 Å². The molecule has 0 aliphatic heterocycles. The Morgan fingerprint density at radius 2 is 2.00 bits per heavy atom. The lowest BCUT2D eigenvalue weighted by molar-refractivity contribution is -0.152. The number of nitrogens with zero attached hydrogens (tertiary/aromatic N) is 1. The SMILES string of the molecule is O=C(CC1(C(=O)O)CCCCCC1)Nc1ccn[nH]1. The maximum atomic E-state index is 12.0. The van der Waals surface area contributed by atoms with Gasteiger partial charge in [0.25, 0.3) is 0 Å². The summed E-state index contributed by atoms with van der Waals surface area (Å²) in [6.07, 6.45) is 6.59. The minimum Gasteiger partial charge on any atom is -0.481 e. The van der Waals surface area contributed by atoms with Crippen LogP contribution in [0.5, 0.6) is 0 Å². The van der Waals surface area contributed by atoms with Gasteiger partial charge in [-0.2, -0.15) is 5.10 Å². The molecule has 0 spiro atoms. The van der Waals surface area contributed by atoms with E-state index in [4.69, 9.17) is 0 Å². The van der Waals surface area contributed by atoms with Crippen LogP contribution in [0.25, 0.3) is 0 Å². The fourth-order valence-electron chi connectivity index (χ4n) is 2.70. The number of rotatable bonds is 4. The molecule has 1 fully saturated rings. The maximum Gasteiger partial charge on any atom is 0.310 e. The van der Waals surface area contributed by atoms with Gasteiger partial charge in [0.1, 0.15) is 5.82 Å². The van der Waals surface area contributed by atoms with Crippen LogP contribution in [0, 0.1) is 5.41 Å². The molecule has 1 heterocycles. The number of H-pyrrole nitrogens is 1. The van der Waals surface area contributed by atoms with Crippen LogP contribution in [-0.4, -0.2) is 27.2 Å². The third-order valence-corrected chi connectivity index (χ3v) is 3.79. The van der Waals surface area contributed by atoms with E-state index in [0.29, 0.717) is 18.7 Å². The van der Waals surface area contributed by atoms with Gasteiger partial charge in [0, 0.05) is 12.5 Å². The second-order valence-corrected chi connectivity index (χ2v) is 5.19. The topological polar surface area (TPSA) is 95.1 Å². The summed E-state index contributed by atoms with van der Waals surface area (Å²) in [5.41, 5.74) is -0.902. The number of amides is 1. The molecule has 1 aromatic rings.